The molecule has 0 aromatic heterocycles. The number of rotatable bonds is 5. The Kier molecular flexibility index (Phi) is 5.47. The summed E-state index contributed by atoms with van der Waals surface area (Å²) in [5.41, 5.74) is 0. The smallest absolute Gasteiger partial charge is 0.306 e. The van der Waals surface area contributed by atoms with Gasteiger partial charge in [-0.05, 0) is 20.3 Å². The van der Waals surface area contributed by atoms with Crippen LogP contribution in [0.3, 0.4) is 0 Å². The van der Waals surface area contributed by atoms with Gasteiger partial charge in [0.05, 0.1) is 19.1 Å². The molecule has 1 aliphatic rings. The van der Waals surface area contributed by atoms with Crippen LogP contribution < -0.4 is 0 Å². The molecule has 0 spiro atoms. The van der Waals surface area contributed by atoms with Crippen molar-refractivity contribution in [1.82, 2.24) is 0 Å². The van der Waals surface area contributed by atoms with Crippen molar-refractivity contribution in [2.75, 3.05) is 13.2 Å². The van der Waals surface area contributed by atoms with Crippen LogP contribution in [-0.2, 0) is 14.3 Å². The lowest BCUT2D eigenvalue weighted by molar-refractivity contribution is -0.142. The summed E-state index contributed by atoms with van der Waals surface area (Å²) in [5.74, 6) is -0.0935. The van der Waals surface area contributed by atoms with Gasteiger partial charge < -0.3 is 9.47 Å². The molecule has 1 rings (SSSR count). The summed E-state index contributed by atoms with van der Waals surface area (Å²) in [5, 5.41) is 0.854. The normalized spacial score (nSPS) is 27.7. The van der Waals surface area contributed by atoms with E-state index in [-0.39, 0.29) is 5.97 Å². The number of carbonyl (C=O) groups is 1. The molecule has 0 N–H and O–H groups in total. The topological polar surface area (TPSA) is 35.5 Å². The summed E-state index contributed by atoms with van der Waals surface area (Å²) < 4.78 is 10.4. The zero-order chi connectivity index (χ0) is 11.3. The highest BCUT2D eigenvalue weighted by atomic mass is 32.2. The fourth-order valence-corrected chi connectivity index (χ4v) is 3.05. The Bertz CT molecular complexity index is 208. The Morgan fingerprint density at radius 2 is 2.40 bits per heavy atom. The number of ether oxygens (including phenoxy) is 2. The number of hydrogen-bond acceptors (Lipinski definition) is 4. The van der Waals surface area contributed by atoms with Gasteiger partial charge in [0.1, 0.15) is 0 Å². The molecule has 88 valence electrons. The third kappa shape index (κ3) is 4.43. The van der Waals surface area contributed by atoms with E-state index in [4.69, 9.17) is 9.47 Å². The first kappa shape index (κ1) is 12.8. The molecule has 1 aliphatic heterocycles. The molecule has 3 atom stereocenters. The molecule has 15 heavy (non-hydrogen) atoms. The van der Waals surface area contributed by atoms with Gasteiger partial charge in [-0.2, -0.15) is 11.8 Å². The van der Waals surface area contributed by atoms with Gasteiger partial charge in [-0.1, -0.05) is 6.92 Å². The summed E-state index contributed by atoms with van der Waals surface area (Å²) in [6.07, 6.45) is 1.92. The molecule has 4 heteroatoms. The molecule has 3 nitrogen and oxygen atoms in total. The summed E-state index contributed by atoms with van der Waals surface area (Å²) in [6.45, 7) is 7.33. The molecular weight excluding hydrogens is 212 g/mol. The van der Waals surface area contributed by atoms with Crippen molar-refractivity contribution in [3.63, 3.8) is 0 Å². The molecule has 1 fully saturated rings. The molecule has 1 heterocycles. The molecule has 0 aliphatic carbocycles. The van der Waals surface area contributed by atoms with Crippen LogP contribution in [-0.4, -0.2) is 35.8 Å². The van der Waals surface area contributed by atoms with Crippen LogP contribution in [0.1, 0.15) is 33.6 Å². The van der Waals surface area contributed by atoms with Gasteiger partial charge in [-0.15, -0.1) is 0 Å². The van der Waals surface area contributed by atoms with E-state index in [0.717, 1.165) is 13.0 Å². The van der Waals surface area contributed by atoms with E-state index in [1.165, 1.54) is 0 Å². The first-order chi connectivity index (χ1) is 7.13. The van der Waals surface area contributed by atoms with E-state index in [0.29, 0.717) is 29.6 Å². The first-order valence-corrected chi connectivity index (χ1v) is 6.50. The second kappa shape index (κ2) is 6.38. The second-order valence-corrected chi connectivity index (χ2v) is 5.54. The van der Waals surface area contributed by atoms with E-state index < -0.39 is 0 Å². The lowest BCUT2D eigenvalue weighted by Gasteiger charge is -2.18. The Balaban J connectivity index is 2.22. The van der Waals surface area contributed by atoms with E-state index in [1.54, 1.807) is 0 Å². The highest BCUT2D eigenvalue weighted by molar-refractivity contribution is 8.00. The van der Waals surface area contributed by atoms with Crippen LogP contribution in [0.2, 0.25) is 0 Å². The first-order valence-electron chi connectivity index (χ1n) is 5.56. The van der Waals surface area contributed by atoms with Crippen molar-refractivity contribution in [1.29, 1.82) is 0 Å². The fraction of sp³-hybridized carbons (Fsp3) is 0.909. The molecule has 3 unspecified atom stereocenters. The van der Waals surface area contributed by atoms with Crippen LogP contribution in [0.4, 0.5) is 0 Å². The molecular formula is C11H20O3S. The molecule has 0 aromatic carbocycles. The van der Waals surface area contributed by atoms with Gasteiger partial charge in [-0.3, -0.25) is 4.79 Å². The molecule has 0 saturated carbocycles. The van der Waals surface area contributed by atoms with Gasteiger partial charge in [0.15, 0.2) is 0 Å². The zero-order valence-corrected chi connectivity index (χ0v) is 10.5. The quantitative estimate of drug-likeness (QED) is 0.681. The maximum atomic E-state index is 11.2. The van der Waals surface area contributed by atoms with Crippen molar-refractivity contribution in [2.45, 2.75) is 50.2 Å². The van der Waals surface area contributed by atoms with Crippen molar-refractivity contribution >= 4 is 17.7 Å². The average Bonchev–Trinajstić information content (AvgIpc) is 2.52. The minimum atomic E-state index is -0.0935. The molecule has 1 saturated heterocycles. The third-order valence-corrected chi connectivity index (χ3v) is 4.07. The van der Waals surface area contributed by atoms with E-state index in [1.807, 2.05) is 18.7 Å². The van der Waals surface area contributed by atoms with Crippen molar-refractivity contribution in [3.05, 3.63) is 0 Å². The predicted molar refractivity (Wildman–Crippen MR) is 62.1 cm³/mol. The Hall–Kier alpha value is -0.220. The standard InChI is InChI=1S/C11H20O3S/c1-4-13-11(12)7-8(2)15-10-5-6-14-9(10)3/h8-10H,4-7H2,1-3H3. The average molecular weight is 232 g/mol. The number of hydrogen-bond donors (Lipinski definition) is 0. The minimum absolute atomic E-state index is 0.0935. The molecule has 0 radical (unpaired) electrons. The lowest BCUT2D eigenvalue weighted by atomic mass is 10.2. The van der Waals surface area contributed by atoms with Crippen molar-refractivity contribution in [2.24, 2.45) is 0 Å². The van der Waals surface area contributed by atoms with Gasteiger partial charge in [-0.25, -0.2) is 0 Å². The second-order valence-electron chi connectivity index (χ2n) is 3.86. The molecule has 0 aromatic rings. The van der Waals surface area contributed by atoms with Crippen LogP contribution >= 0.6 is 11.8 Å². The molecule has 0 amide bonds. The summed E-state index contributed by atoms with van der Waals surface area (Å²) in [6, 6.07) is 0. The fourth-order valence-electron chi connectivity index (χ4n) is 1.69. The summed E-state index contributed by atoms with van der Waals surface area (Å²) in [7, 11) is 0. The summed E-state index contributed by atoms with van der Waals surface area (Å²) in [4.78, 5) is 11.2. The third-order valence-electron chi connectivity index (χ3n) is 2.47. The number of esters is 1. The maximum Gasteiger partial charge on any atom is 0.306 e. The van der Waals surface area contributed by atoms with Gasteiger partial charge in [0.25, 0.3) is 0 Å². The Morgan fingerprint density at radius 3 is 2.93 bits per heavy atom. The van der Waals surface area contributed by atoms with E-state index >= 15 is 0 Å². The number of thioether (sulfide) groups is 1. The van der Waals surface area contributed by atoms with Gasteiger partial charge in [0.2, 0.25) is 0 Å². The van der Waals surface area contributed by atoms with Crippen LogP contribution in [0, 0.1) is 0 Å². The number of carbonyl (C=O) groups excluding carboxylic acids is 1. The molecule has 0 bridgehead atoms. The highest BCUT2D eigenvalue weighted by Gasteiger charge is 2.27. The predicted octanol–water partition coefficient (Wildman–Crippen LogP) is 2.24. The lowest BCUT2D eigenvalue weighted by Crippen LogP contribution is -2.19. The van der Waals surface area contributed by atoms with Gasteiger partial charge >= 0.3 is 5.97 Å². The van der Waals surface area contributed by atoms with Gasteiger partial charge in [0, 0.05) is 17.1 Å². The van der Waals surface area contributed by atoms with E-state index in [2.05, 4.69) is 13.8 Å². The largest absolute Gasteiger partial charge is 0.466 e. The van der Waals surface area contributed by atoms with Crippen molar-refractivity contribution in [3.8, 4) is 0 Å². The van der Waals surface area contributed by atoms with Crippen LogP contribution in [0.15, 0.2) is 0 Å². The Labute approximate surface area is 95.9 Å². The minimum Gasteiger partial charge on any atom is -0.466 e. The highest BCUT2D eigenvalue weighted by Crippen LogP contribution is 2.30. The maximum absolute atomic E-state index is 11.2. The SMILES string of the molecule is CCOC(=O)CC(C)SC1CCOC1C. The van der Waals surface area contributed by atoms with Crippen molar-refractivity contribution < 1.29 is 14.3 Å². The summed E-state index contributed by atoms with van der Waals surface area (Å²) >= 11 is 1.84. The Morgan fingerprint density at radius 1 is 1.67 bits per heavy atom. The van der Waals surface area contributed by atoms with Crippen LogP contribution in [0.5, 0.6) is 0 Å². The zero-order valence-electron chi connectivity index (χ0n) is 9.69. The monoisotopic (exact) mass is 232 g/mol. The van der Waals surface area contributed by atoms with Crippen LogP contribution in [0.25, 0.3) is 0 Å². The van der Waals surface area contributed by atoms with E-state index in [9.17, 15) is 4.79 Å².